The van der Waals surface area contributed by atoms with Gasteiger partial charge in [-0.2, -0.15) is 0 Å². The molecule has 0 amide bonds. The molecule has 0 atom stereocenters. The monoisotopic (exact) mass is 373 g/mol. The Hall–Kier alpha value is -3.32. The molecule has 0 radical (unpaired) electrons. The summed E-state index contributed by atoms with van der Waals surface area (Å²) < 4.78 is 2.49. The largest absolute Gasteiger partial charge is 0.336 e. The number of nitrogens with zero attached hydrogens (tertiary/aromatic N) is 1. The SMILES string of the molecule is CCc1ccc2c3ccccc3n(Cc3ccc4c(c3)Cc3ccccc3-4)c2c1. The van der Waals surface area contributed by atoms with Gasteiger partial charge in [-0.3, -0.25) is 0 Å². The van der Waals surface area contributed by atoms with Crippen LogP contribution in [0, 0.1) is 0 Å². The Bertz CT molecular complexity index is 1390. The van der Waals surface area contributed by atoms with Gasteiger partial charge in [0.05, 0.1) is 0 Å². The van der Waals surface area contributed by atoms with Crippen LogP contribution in [0.15, 0.2) is 84.9 Å². The zero-order valence-corrected chi connectivity index (χ0v) is 16.7. The summed E-state index contributed by atoms with van der Waals surface area (Å²) in [5.74, 6) is 0. The summed E-state index contributed by atoms with van der Waals surface area (Å²) in [5.41, 5.74) is 11.1. The zero-order valence-electron chi connectivity index (χ0n) is 16.7. The van der Waals surface area contributed by atoms with Crippen molar-refractivity contribution >= 4 is 21.8 Å². The Kier molecular flexibility index (Phi) is 3.64. The van der Waals surface area contributed by atoms with Crippen LogP contribution in [0.2, 0.25) is 0 Å². The van der Waals surface area contributed by atoms with Gasteiger partial charge in [-0.15, -0.1) is 0 Å². The highest BCUT2D eigenvalue weighted by atomic mass is 15.0. The molecule has 0 aliphatic heterocycles. The highest BCUT2D eigenvalue weighted by molar-refractivity contribution is 6.08. The van der Waals surface area contributed by atoms with Gasteiger partial charge < -0.3 is 4.57 Å². The van der Waals surface area contributed by atoms with Crippen molar-refractivity contribution in [1.29, 1.82) is 0 Å². The highest BCUT2D eigenvalue weighted by Crippen LogP contribution is 2.37. The van der Waals surface area contributed by atoms with E-state index >= 15 is 0 Å². The fraction of sp³-hybridized carbons (Fsp3) is 0.143. The average molecular weight is 373 g/mol. The van der Waals surface area contributed by atoms with Gasteiger partial charge in [-0.1, -0.05) is 79.7 Å². The van der Waals surface area contributed by atoms with Crippen LogP contribution in [0.4, 0.5) is 0 Å². The Morgan fingerprint density at radius 1 is 0.655 bits per heavy atom. The molecule has 0 N–H and O–H groups in total. The Labute approximate surface area is 171 Å². The normalized spacial score (nSPS) is 12.4. The first-order valence-corrected chi connectivity index (χ1v) is 10.5. The number of aryl methyl sites for hydroxylation is 1. The molecule has 0 saturated carbocycles. The minimum Gasteiger partial charge on any atom is -0.336 e. The van der Waals surface area contributed by atoms with Crippen LogP contribution >= 0.6 is 0 Å². The molecule has 1 heterocycles. The van der Waals surface area contributed by atoms with Crippen molar-refractivity contribution in [3.63, 3.8) is 0 Å². The van der Waals surface area contributed by atoms with Crippen LogP contribution in [0.1, 0.15) is 29.2 Å². The maximum absolute atomic E-state index is 2.49. The third-order valence-corrected chi connectivity index (χ3v) is 6.44. The molecule has 0 unspecified atom stereocenters. The molecule has 6 rings (SSSR count). The van der Waals surface area contributed by atoms with Crippen LogP contribution in [0.25, 0.3) is 32.9 Å². The van der Waals surface area contributed by atoms with Gasteiger partial charge in [0.15, 0.2) is 0 Å². The third-order valence-electron chi connectivity index (χ3n) is 6.44. The first-order chi connectivity index (χ1) is 14.3. The summed E-state index contributed by atoms with van der Waals surface area (Å²) >= 11 is 0. The van der Waals surface area contributed by atoms with Crippen LogP contribution in [0.5, 0.6) is 0 Å². The van der Waals surface area contributed by atoms with Crippen LogP contribution in [-0.2, 0) is 19.4 Å². The minimum atomic E-state index is 0.904. The molecule has 5 aromatic rings. The average Bonchev–Trinajstić information content (AvgIpc) is 3.29. The molecule has 0 spiro atoms. The standard InChI is InChI=1S/C28H23N/c1-2-19-11-14-26-25-9-5-6-10-27(25)29(28(26)16-19)18-20-12-13-24-22(15-20)17-21-7-3-4-8-23(21)24/h3-16H,2,17-18H2,1H3. The van der Waals surface area contributed by atoms with E-state index in [0.29, 0.717) is 0 Å². The number of hydrogen-bond acceptors (Lipinski definition) is 0. The van der Waals surface area contributed by atoms with Gasteiger partial charge in [0.2, 0.25) is 0 Å². The summed E-state index contributed by atoms with van der Waals surface area (Å²) in [6.07, 6.45) is 2.11. The predicted octanol–water partition coefficient (Wildman–Crippen LogP) is 6.98. The van der Waals surface area contributed by atoms with E-state index in [0.717, 1.165) is 19.4 Å². The molecule has 1 nitrogen and oxygen atoms in total. The second kappa shape index (κ2) is 6.35. The summed E-state index contributed by atoms with van der Waals surface area (Å²) in [6.45, 7) is 3.13. The van der Waals surface area contributed by atoms with E-state index in [1.807, 2.05) is 0 Å². The summed E-state index contributed by atoms with van der Waals surface area (Å²) in [6, 6.07) is 31.6. The van der Waals surface area contributed by atoms with Crippen LogP contribution < -0.4 is 0 Å². The van der Waals surface area contributed by atoms with Crippen molar-refractivity contribution in [3.05, 3.63) is 107 Å². The summed E-state index contributed by atoms with van der Waals surface area (Å²) in [4.78, 5) is 0. The number of hydrogen-bond donors (Lipinski definition) is 0. The fourth-order valence-corrected chi connectivity index (χ4v) is 4.96. The van der Waals surface area contributed by atoms with Gasteiger partial charge in [0.25, 0.3) is 0 Å². The van der Waals surface area contributed by atoms with E-state index in [9.17, 15) is 0 Å². The van der Waals surface area contributed by atoms with E-state index in [1.54, 1.807) is 0 Å². The Balaban J connectivity index is 1.49. The van der Waals surface area contributed by atoms with Crippen molar-refractivity contribution < 1.29 is 0 Å². The number of para-hydroxylation sites is 1. The van der Waals surface area contributed by atoms with E-state index < -0.39 is 0 Å². The highest BCUT2D eigenvalue weighted by Gasteiger charge is 2.18. The lowest BCUT2D eigenvalue weighted by molar-refractivity contribution is 0.866. The predicted molar refractivity (Wildman–Crippen MR) is 123 cm³/mol. The topological polar surface area (TPSA) is 4.93 Å². The Morgan fingerprint density at radius 3 is 2.34 bits per heavy atom. The molecule has 0 fully saturated rings. The number of aromatic nitrogens is 1. The molecule has 0 bridgehead atoms. The molecular formula is C28H23N. The van der Waals surface area contributed by atoms with Crippen molar-refractivity contribution in [1.82, 2.24) is 4.57 Å². The van der Waals surface area contributed by atoms with E-state index in [2.05, 4.69) is 96.4 Å². The van der Waals surface area contributed by atoms with Gasteiger partial charge in [0.1, 0.15) is 0 Å². The third kappa shape index (κ3) is 2.54. The smallest absolute Gasteiger partial charge is 0.0497 e. The first kappa shape index (κ1) is 16.6. The lowest BCUT2D eigenvalue weighted by Crippen LogP contribution is -2.00. The first-order valence-electron chi connectivity index (χ1n) is 10.5. The molecule has 140 valence electrons. The molecular weight excluding hydrogens is 350 g/mol. The number of rotatable bonds is 3. The maximum Gasteiger partial charge on any atom is 0.0497 e. The maximum atomic E-state index is 2.49. The molecule has 1 aromatic heterocycles. The van der Waals surface area contributed by atoms with E-state index in [-0.39, 0.29) is 0 Å². The molecule has 4 aromatic carbocycles. The van der Waals surface area contributed by atoms with Crippen LogP contribution in [-0.4, -0.2) is 4.57 Å². The molecule has 0 saturated heterocycles. The van der Waals surface area contributed by atoms with Gasteiger partial charge in [-0.05, 0) is 58.4 Å². The van der Waals surface area contributed by atoms with Crippen molar-refractivity contribution in [3.8, 4) is 11.1 Å². The summed E-state index contributed by atoms with van der Waals surface area (Å²) in [5, 5.41) is 2.70. The van der Waals surface area contributed by atoms with Crippen molar-refractivity contribution in [2.45, 2.75) is 26.3 Å². The van der Waals surface area contributed by atoms with Gasteiger partial charge >= 0.3 is 0 Å². The van der Waals surface area contributed by atoms with E-state index in [4.69, 9.17) is 0 Å². The lowest BCUT2D eigenvalue weighted by atomic mass is 10.0. The second-order valence-electron chi connectivity index (χ2n) is 8.13. The molecule has 1 heteroatoms. The van der Waals surface area contributed by atoms with Crippen LogP contribution in [0.3, 0.4) is 0 Å². The molecule has 1 aliphatic rings. The number of benzene rings is 4. The second-order valence-corrected chi connectivity index (χ2v) is 8.13. The van der Waals surface area contributed by atoms with Crippen molar-refractivity contribution in [2.24, 2.45) is 0 Å². The fourth-order valence-electron chi connectivity index (χ4n) is 4.96. The molecule has 29 heavy (non-hydrogen) atoms. The lowest BCUT2D eigenvalue weighted by Gasteiger charge is -2.10. The van der Waals surface area contributed by atoms with Gasteiger partial charge in [0, 0.05) is 28.4 Å². The molecule has 1 aliphatic carbocycles. The minimum absolute atomic E-state index is 0.904. The quantitative estimate of drug-likeness (QED) is 0.315. The van der Waals surface area contributed by atoms with Crippen molar-refractivity contribution in [2.75, 3.05) is 0 Å². The summed E-state index contributed by atoms with van der Waals surface area (Å²) in [7, 11) is 0. The Morgan fingerprint density at radius 2 is 1.41 bits per heavy atom. The van der Waals surface area contributed by atoms with E-state index in [1.165, 1.54) is 55.2 Å². The van der Waals surface area contributed by atoms with Gasteiger partial charge in [-0.25, -0.2) is 0 Å². The number of fused-ring (bicyclic) bond motifs is 6. The zero-order chi connectivity index (χ0) is 19.4.